The highest BCUT2D eigenvalue weighted by Gasteiger charge is 2.13. The van der Waals surface area contributed by atoms with Crippen LogP contribution in [0.5, 0.6) is 0 Å². The van der Waals surface area contributed by atoms with E-state index in [-0.39, 0.29) is 11.6 Å². The van der Waals surface area contributed by atoms with Crippen molar-refractivity contribution in [2.24, 2.45) is 0 Å². The summed E-state index contributed by atoms with van der Waals surface area (Å²) >= 11 is 5.53. The van der Waals surface area contributed by atoms with Crippen molar-refractivity contribution in [1.82, 2.24) is 10.6 Å². The van der Waals surface area contributed by atoms with E-state index in [9.17, 15) is 4.79 Å². The fraction of sp³-hybridized carbons (Fsp3) is 0.444. The Balaban J connectivity index is 2.03. The van der Waals surface area contributed by atoms with E-state index in [4.69, 9.17) is 16.9 Å². The molecule has 0 aromatic heterocycles. The van der Waals surface area contributed by atoms with Crippen LogP contribution in [0.3, 0.4) is 0 Å². The van der Waals surface area contributed by atoms with Gasteiger partial charge < -0.3 is 10.6 Å². The molecule has 0 saturated heterocycles. The fourth-order valence-corrected chi connectivity index (χ4v) is 2.83. The van der Waals surface area contributed by atoms with Gasteiger partial charge in [0.05, 0.1) is 0 Å². The van der Waals surface area contributed by atoms with E-state index in [0.29, 0.717) is 12.4 Å². The Hall–Kier alpha value is -1.99. The minimum absolute atomic E-state index is 0.0337. The van der Waals surface area contributed by atoms with Gasteiger partial charge in [-0.15, -0.1) is 11.6 Å². The van der Waals surface area contributed by atoms with Gasteiger partial charge in [-0.25, -0.2) is 0 Å². The van der Waals surface area contributed by atoms with Crippen LogP contribution in [0.25, 0.3) is 0 Å². The topological polar surface area (TPSA) is 64.9 Å². The predicted molar refractivity (Wildman–Crippen MR) is 92.1 cm³/mol. The molecule has 2 rings (SSSR count). The number of amides is 1. The minimum atomic E-state index is -0.404. The number of hydrogen-bond acceptors (Lipinski definition) is 3. The van der Waals surface area contributed by atoms with E-state index in [2.05, 4.69) is 28.8 Å². The zero-order valence-corrected chi connectivity index (χ0v) is 14.1. The molecule has 1 amide bonds. The minimum Gasteiger partial charge on any atom is -0.383 e. The van der Waals surface area contributed by atoms with Crippen molar-refractivity contribution < 1.29 is 4.79 Å². The third-order valence-electron chi connectivity index (χ3n) is 4.10. The van der Waals surface area contributed by atoms with Crippen molar-refractivity contribution in [1.29, 1.82) is 5.26 Å². The molecule has 1 aliphatic carbocycles. The maximum atomic E-state index is 11.8. The Morgan fingerprint density at radius 1 is 1.39 bits per heavy atom. The Kier molecular flexibility index (Phi) is 6.49. The lowest BCUT2D eigenvalue weighted by molar-refractivity contribution is -0.117. The van der Waals surface area contributed by atoms with E-state index in [0.717, 1.165) is 12.8 Å². The molecule has 4 nitrogen and oxygen atoms in total. The second-order valence-corrected chi connectivity index (χ2v) is 6.12. The standard InChI is InChI=1S/C18H22ClN3O/c1-13(22-12-17(11-20)18(23)21-9-8-19)15-7-6-14-4-2-3-5-16(14)10-15/h6-7,10,12-13,22H,2-5,8-9H2,1H3,(H,21,23)/b17-12-. The van der Waals surface area contributed by atoms with Gasteiger partial charge in [-0.05, 0) is 49.3 Å². The molecule has 1 aliphatic rings. The van der Waals surface area contributed by atoms with Crippen molar-refractivity contribution in [2.45, 2.75) is 38.6 Å². The first-order chi connectivity index (χ1) is 11.2. The lowest BCUT2D eigenvalue weighted by Gasteiger charge is -2.19. The van der Waals surface area contributed by atoms with Crippen LogP contribution in [0.1, 0.15) is 42.5 Å². The lowest BCUT2D eigenvalue weighted by atomic mass is 9.89. The van der Waals surface area contributed by atoms with Crippen molar-refractivity contribution in [3.05, 3.63) is 46.7 Å². The monoisotopic (exact) mass is 331 g/mol. The number of benzene rings is 1. The molecule has 0 saturated carbocycles. The van der Waals surface area contributed by atoms with Crippen molar-refractivity contribution in [3.8, 4) is 6.07 Å². The number of nitriles is 1. The third-order valence-corrected chi connectivity index (χ3v) is 4.28. The average Bonchev–Trinajstić information content (AvgIpc) is 2.59. The molecular formula is C18H22ClN3O. The number of aryl methyl sites for hydroxylation is 2. The Morgan fingerprint density at radius 3 is 2.83 bits per heavy atom. The summed E-state index contributed by atoms with van der Waals surface area (Å²) in [5, 5.41) is 14.8. The third kappa shape index (κ3) is 4.74. The van der Waals surface area contributed by atoms with Gasteiger partial charge in [0.25, 0.3) is 5.91 Å². The molecule has 0 aliphatic heterocycles. The molecule has 0 bridgehead atoms. The number of halogens is 1. The van der Waals surface area contributed by atoms with Gasteiger partial charge in [-0.1, -0.05) is 18.2 Å². The molecule has 5 heteroatoms. The van der Waals surface area contributed by atoms with Gasteiger partial charge in [0, 0.05) is 24.7 Å². The number of fused-ring (bicyclic) bond motifs is 1. The van der Waals surface area contributed by atoms with Gasteiger partial charge in [-0.2, -0.15) is 5.26 Å². The largest absolute Gasteiger partial charge is 0.383 e. The number of alkyl halides is 1. The van der Waals surface area contributed by atoms with Gasteiger partial charge in [0.1, 0.15) is 11.6 Å². The van der Waals surface area contributed by atoms with Crippen molar-refractivity contribution >= 4 is 17.5 Å². The number of nitrogens with zero attached hydrogens (tertiary/aromatic N) is 1. The molecule has 122 valence electrons. The number of carbonyl (C=O) groups is 1. The zero-order chi connectivity index (χ0) is 16.7. The van der Waals surface area contributed by atoms with Crippen LogP contribution >= 0.6 is 11.6 Å². The van der Waals surface area contributed by atoms with Gasteiger partial charge in [-0.3, -0.25) is 4.79 Å². The normalized spacial score (nSPS) is 15.3. The summed E-state index contributed by atoms with van der Waals surface area (Å²) in [6.45, 7) is 2.37. The molecule has 0 heterocycles. The summed E-state index contributed by atoms with van der Waals surface area (Å²) in [6.07, 6.45) is 6.30. The smallest absolute Gasteiger partial charge is 0.263 e. The van der Waals surface area contributed by atoms with Crippen LogP contribution in [-0.4, -0.2) is 18.3 Å². The number of rotatable bonds is 6. The first kappa shape index (κ1) is 17.4. The first-order valence-electron chi connectivity index (χ1n) is 7.98. The van der Waals surface area contributed by atoms with E-state index < -0.39 is 5.91 Å². The summed E-state index contributed by atoms with van der Waals surface area (Å²) in [5.41, 5.74) is 4.09. The summed E-state index contributed by atoms with van der Waals surface area (Å²) in [5.74, 6) is -0.0815. The van der Waals surface area contributed by atoms with Crippen molar-refractivity contribution in [3.63, 3.8) is 0 Å². The summed E-state index contributed by atoms with van der Waals surface area (Å²) in [7, 11) is 0. The maximum Gasteiger partial charge on any atom is 0.263 e. The Labute approximate surface area is 142 Å². The lowest BCUT2D eigenvalue weighted by Crippen LogP contribution is -2.27. The van der Waals surface area contributed by atoms with Crippen LogP contribution < -0.4 is 10.6 Å². The summed E-state index contributed by atoms with van der Waals surface area (Å²) in [6, 6.07) is 8.50. The molecular weight excluding hydrogens is 310 g/mol. The van der Waals surface area contributed by atoms with Gasteiger partial charge in [0.2, 0.25) is 0 Å². The Bertz CT molecular complexity index is 634. The molecule has 1 unspecified atom stereocenters. The molecule has 0 spiro atoms. The number of hydrogen-bond donors (Lipinski definition) is 2. The fourth-order valence-electron chi connectivity index (χ4n) is 2.73. The molecule has 0 radical (unpaired) electrons. The van der Waals surface area contributed by atoms with E-state index in [1.54, 1.807) is 0 Å². The van der Waals surface area contributed by atoms with Crippen LogP contribution in [0.2, 0.25) is 0 Å². The van der Waals surface area contributed by atoms with E-state index in [1.807, 2.05) is 13.0 Å². The maximum absolute atomic E-state index is 11.8. The molecule has 1 aromatic rings. The quantitative estimate of drug-likeness (QED) is 0.478. The molecule has 1 aromatic carbocycles. The molecule has 2 N–H and O–H groups in total. The predicted octanol–water partition coefficient (Wildman–Crippen LogP) is 2.98. The highest BCUT2D eigenvalue weighted by molar-refractivity contribution is 6.18. The van der Waals surface area contributed by atoms with E-state index in [1.165, 1.54) is 35.7 Å². The second-order valence-electron chi connectivity index (χ2n) is 5.74. The average molecular weight is 332 g/mol. The second kappa shape index (κ2) is 8.59. The van der Waals surface area contributed by atoms with Crippen LogP contribution in [0, 0.1) is 11.3 Å². The number of nitrogens with one attached hydrogen (secondary N) is 2. The van der Waals surface area contributed by atoms with Crippen LogP contribution in [0.15, 0.2) is 30.0 Å². The molecule has 23 heavy (non-hydrogen) atoms. The van der Waals surface area contributed by atoms with Gasteiger partial charge >= 0.3 is 0 Å². The van der Waals surface area contributed by atoms with Crippen molar-refractivity contribution in [2.75, 3.05) is 12.4 Å². The van der Waals surface area contributed by atoms with Gasteiger partial charge in [0.15, 0.2) is 0 Å². The molecule has 0 fully saturated rings. The summed E-state index contributed by atoms with van der Waals surface area (Å²) in [4.78, 5) is 11.8. The number of carbonyl (C=O) groups excluding carboxylic acids is 1. The SMILES string of the molecule is CC(N/C=C(/C#N)C(=O)NCCCl)c1ccc2c(c1)CCCC2. The zero-order valence-electron chi connectivity index (χ0n) is 13.4. The summed E-state index contributed by atoms with van der Waals surface area (Å²) < 4.78 is 0. The highest BCUT2D eigenvalue weighted by atomic mass is 35.5. The van der Waals surface area contributed by atoms with Crippen LogP contribution in [-0.2, 0) is 17.6 Å². The highest BCUT2D eigenvalue weighted by Crippen LogP contribution is 2.24. The Morgan fingerprint density at radius 2 is 2.13 bits per heavy atom. The van der Waals surface area contributed by atoms with Crippen LogP contribution in [0.4, 0.5) is 0 Å². The first-order valence-corrected chi connectivity index (χ1v) is 8.51. The van der Waals surface area contributed by atoms with E-state index >= 15 is 0 Å². The molecule has 1 atom stereocenters.